The van der Waals surface area contributed by atoms with E-state index in [9.17, 15) is 4.79 Å². The number of rotatable bonds is 4. The highest BCUT2D eigenvalue weighted by atomic mass is 35.5. The normalized spacial score (nSPS) is 19.6. The lowest BCUT2D eigenvalue weighted by atomic mass is 9.92. The number of aromatic nitrogens is 1. The first-order valence-corrected chi connectivity index (χ1v) is 7.52. The molecule has 0 aliphatic carbocycles. The van der Waals surface area contributed by atoms with Crippen LogP contribution < -0.4 is 0 Å². The number of hydrogen-bond acceptors (Lipinski definition) is 4. The molecule has 3 heterocycles. The van der Waals surface area contributed by atoms with Crippen molar-refractivity contribution in [2.75, 3.05) is 13.1 Å². The predicted octanol–water partition coefficient (Wildman–Crippen LogP) is 3.42. The number of halogens is 1. The summed E-state index contributed by atoms with van der Waals surface area (Å²) in [6.07, 6.45) is 3.60. The van der Waals surface area contributed by atoms with Gasteiger partial charge < -0.3 is 4.42 Å². The molecule has 0 amide bonds. The number of likely N-dealkylation sites (tertiary alicyclic amines) is 1. The van der Waals surface area contributed by atoms with Crippen molar-refractivity contribution in [1.82, 2.24) is 9.88 Å². The number of carbonyl (C=O) groups is 1. The van der Waals surface area contributed by atoms with Gasteiger partial charge in [0.2, 0.25) is 0 Å². The molecule has 5 heteroatoms. The van der Waals surface area contributed by atoms with E-state index in [0.717, 1.165) is 31.7 Å². The van der Waals surface area contributed by atoms with E-state index in [1.54, 1.807) is 18.3 Å². The maximum Gasteiger partial charge on any atom is 0.193 e. The minimum Gasteiger partial charge on any atom is -0.448 e. The van der Waals surface area contributed by atoms with Gasteiger partial charge in [-0.15, -0.1) is 0 Å². The SMILES string of the molecule is O=C(c1ccccn1)[C@@H]1CCCN(Cc2ccc(Cl)o2)C1. The van der Waals surface area contributed by atoms with Gasteiger partial charge in [0.15, 0.2) is 11.0 Å². The van der Waals surface area contributed by atoms with Crippen LogP contribution >= 0.6 is 11.6 Å². The molecule has 1 aliphatic rings. The Balaban J connectivity index is 1.64. The van der Waals surface area contributed by atoms with E-state index >= 15 is 0 Å². The molecule has 0 aromatic carbocycles. The van der Waals surface area contributed by atoms with Gasteiger partial charge in [0, 0.05) is 18.7 Å². The second kappa shape index (κ2) is 6.41. The third kappa shape index (κ3) is 3.52. The summed E-state index contributed by atoms with van der Waals surface area (Å²) in [6.45, 7) is 2.41. The standard InChI is InChI=1S/C16H17ClN2O2/c17-15-7-6-13(21-15)11-19-9-3-4-12(10-19)16(20)14-5-1-2-8-18-14/h1-2,5-8,12H,3-4,9-11H2/t12-/m1/s1. The van der Waals surface area contributed by atoms with Crippen molar-refractivity contribution in [1.29, 1.82) is 0 Å². The third-order valence-electron chi connectivity index (χ3n) is 3.80. The molecule has 1 aliphatic heterocycles. The summed E-state index contributed by atoms with van der Waals surface area (Å²) < 4.78 is 5.39. The Morgan fingerprint density at radius 2 is 2.29 bits per heavy atom. The Labute approximate surface area is 128 Å². The first-order chi connectivity index (χ1) is 10.2. The summed E-state index contributed by atoms with van der Waals surface area (Å²) in [5, 5.41) is 0.406. The molecule has 1 fully saturated rings. The van der Waals surface area contributed by atoms with Crippen molar-refractivity contribution in [2.45, 2.75) is 19.4 Å². The van der Waals surface area contributed by atoms with Gasteiger partial charge in [0.1, 0.15) is 11.5 Å². The number of hydrogen-bond donors (Lipinski definition) is 0. The Hall–Kier alpha value is -1.65. The van der Waals surface area contributed by atoms with Gasteiger partial charge in [0.05, 0.1) is 6.54 Å². The number of piperidine rings is 1. The fourth-order valence-electron chi connectivity index (χ4n) is 2.79. The van der Waals surface area contributed by atoms with Crippen LogP contribution in [-0.2, 0) is 6.54 Å². The number of furan rings is 1. The van der Waals surface area contributed by atoms with Crippen LogP contribution in [0.25, 0.3) is 0 Å². The minimum absolute atomic E-state index is 0.0130. The fraction of sp³-hybridized carbons (Fsp3) is 0.375. The van der Waals surface area contributed by atoms with Crippen LogP contribution in [-0.4, -0.2) is 28.8 Å². The second-order valence-electron chi connectivity index (χ2n) is 5.36. The zero-order chi connectivity index (χ0) is 14.7. The molecule has 0 radical (unpaired) electrons. The summed E-state index contributed by atoms with van der Waals surface area (Å²) in [5.74, 6) is 0.989. The molecule has 110 valence electrons. The number of pyridine rings is 1. The Kier molecular flexibility index (Phi) is 4.36. The molecule has 1 atom stereocenters. The van der Waals surface area contributed by atoms with Gasteiger partial charge in [-0.05, 0) is 55.3 Å². The molecule has 0 bridgehead atoms. The molecule has 0 spiro atoms. The number of carbonyl (C=O) groups excluding carboxylic acids is 1. The van der Waals surface area contributed by atoms with Crippen LogP contribution in [0, 0.1) is 5.92 Å². The lowest BCUT2D eigenvalue weighted by molar-refractivity contribution is 0.0797. The quantitative estimate of drug-likeness (QED) is 0.812. The number of ketones is 1. The molecule has 0 saturated carbocycles. The summed E-state index contributed by atoms with van der Waals surface area (Å²) >= 11 is 5.79. The maximum atomic E-state index is 12.5. The van der Waals surface area contributed by atoms with Gasteiger partial charge in [-0.2, -0.15) is 0 Å². The smallest absolute Gasteiger partial charge is 0.193 e. The Bertz CT molecular complexity index is 612. The van der Waals surface area contributed by atoms with Gasteiger partial charge in [-0.25, -0.2) is 0 Å². The van der Waals surface area contributed by atoms with E-state index in [1.807, 2.05) is 18.2 Å². The fourth-order valence-corrected chi connectivity index (χ4v) is 2.95. The topological polar surface area (TPSA) is 46.3 Å². The third-order valence-corrected chi connectivity index (χ3v) is 4.01. The highest BCUT2D eigenvalue weighted by molar-refractivity contribution is 6.28. The minimum atomic E-state index is 0.0130. The van der Waals surface area contributed by atoms with Gasteiger partial charge in [-0.1, -0.05) is 6.07 Å². The largest absolute Gasteiger partial charge is 0.448 e. The van der Waals surface area contributed by atoms with Gasteiger partial charge in [-0.3, -0.25) is 14.7 Å². The van der Waals surface area contributed by atoms with Crippen LogP contribution in [0.1, 0.15) is 29.1 Å². The average Bonchev–Trinajstić information content (AvgIpc) is 2.93. The van der Waals surface area contributed by atoms with Crippen molar-refractivity contribution in [3.8, 4) is 0 Å². The lowest BCUT2D eigenvalue weighted by Gasteiger charge is -2.31. The average molecular weight is 305 g/mol. The molecule has 0 unspecified atom stereocenters. The molecule has 0 N–H and O–H groups in total. The van der Waals surface area contributed by atoms with Crippen LogP contribution in [0.5, 0.6) is 0 Å². The van der Waals surface area contributed by atoms with Crippen LogP contribution in [0.4, 0.5) is 0 Å². The number of nitrogens with zero attached hydrogens (tertiary/aromatic N) is 2. The van der Waals surface area contributed by atoms with E-state index in [2.05, 4.69) is 9.88 Å². The molecule has 21 heavy (non-hydrogen) atoms. The molecule has 4 nitrogen and oxygen atoms in total. The van der Waals surface area contributed by atoms with Crippen molar-refractivity contribution in [3.05, 3.63) is 53.2 Å². The summed E-state index contributed by atoms with van der Waals surface area (Å²) in [6, 6.07) is 9.09. The Morgan fingerprint density at radius 1 is 1.38 bits per heavy atom. The van der Waals surface area contributed by atoms with Crippen molar-refractivity contribution < 1.29 is 9.21 Å². The molecule has 2 aromatic heterocycles. The number of Topliss-reactive ketones (excluding diaryl/α,β-unsaturated/α-hetero) is 1. The van der Waals surface area contributed by atoms with E-state index in [4.69, 9.17) is 16.0 Å². The van der Waals surface area contributed by atoms with Crippen LogP contribution in [0.15, 0.2) is 40.9 Å². The van der Waals surface area contributed by atoms with Crippen LogP contribution in [0.3, 0.4) is 0 Å². The van der Waals surface area contributed by atoms with Gasteiger partial charge >= 0.3 is 0 Å². The molecule has 3 rings (SSSR count). The maximum absolute atomic E-state index is 12.5. The molecular formula is C16H17ClN2O2. The summed E-state index contributed by atoms with van der Waals surface area (Å²) in [4.78, 5) is 18.9. The zero-order valence-corrected chi connectivity index (χ0v) is 12.4. The van der Waals surface area contributed by atoms with Crippen molar-refractivity contribution in [2.24, 2.45) is 5.92 Å². The Morgan fingerprint density at radius 3 is 3.00 bits per heavy atom. The molecular weight excluding hydrogens is 288 g/mol. The molecule has 1 saturated heterocycles. The summed E-state index contributed by atoms with van der Waals surface area (Å²) in [5.41, 5.74) is 0.561. The second-order valence-corrected chi connectivity index (χ2v) is 5.73. The van der Waals surface area contributed by atoms with Crippen LogP contribution in [0.2, 0.25) is 5.22 Å². The lowest BCUT2D eigenvalue weighted by Crippen LogP contribution is -2.38. The van der Waals surface area contributed by atoms with E-state index < -0.39 is 0 Å². The summed E-state index contributed by atoms with van der Waals surface area (Å²) in [7, 11) is 0. The van der Waals surface area contributed by atoms with E-state index in [0.29, 0.717) is 17.5 Å². The first-order valence-electron chi connectivity index (χ1n) is 7.14. The van der Waals surface area contributed by atoms with E-state index in [-0.39, 0.29) is 11.7 Å². The monoisotopic (exact) mass is 304 g/mol. The highest BCUT2D eigenvalue weighted by Crippen LogP contribution is 2.23. The van der Waals surface area contributed by atoms with Gasteiger partial charge in [0.25, 0.3) is 0 Å². The zero-order valence-electron chi connectivity index (χ0n) is 11.7. The highest BCUT2D eigenvalue weighted by Gasteiger charge is 2.27. The first kappa shape index (κ1) is 14.3. The predicted molar refractivity (Wildman–Crippen MR) is 80.3 cm³/mol. The van der Waals surface area contributed by atoms with Crippen molar-refractivity contribution >= 4 is 17.4 Å². The molecule has 2 aromatic rings. The van der Waals surface area contributed by atoms with E-state index in [1.165, 1.54) is 0 Å². The van der Waals surface area contributed by atoms with Crippen molar-refractivity contribution in [3.63, 3.8) is 0 Å².